The van der Waals surface area contributed by atoms with Gasteiger partial charge in [0, 0.05) is 16.3 Å². The van der Waals surface area contributed by atoms with E-state index in [1.807, 2.05) is 6.07 Å². The molecular formula is C16H19NOS2. The highest BCUT2D eigenvalue weighted by atomic mass is 32.2. The molecule has 2 rings (SSSR count). The van der Waals surface area contributed by atoms with Gasteiger partial charge in [0.25, 0.3) is 0 Å². The van der Waals surface area contributed by atoms with Gasteiger partial charge in [0.1, 0.15) is 0 Å². The van der Waals surface area contributed by atoms with Crippen LogP contribution >= 0.6 is 23.1 Å². The minimum Gasteiger partial charge on any atom is -0.355 e. The fourth-order valence-electron chi connectivity index (χ4n) is 1.78. The van der Waals surface area contributed by atoms with Gasteiger partial charge in [0.05, 0.1) is 5.75 Å². The molecule has 0 unspecified atom stereocenters. The molecule has 0 saturated heterocycles. The number of hydrogen-bond acceptors (Lipinski definition) is 3. The van der Waals surface area contributed by atoms with Crippen molar-refractivity contribution in [3.05, 3.63) is 51.7 Å². The van der Waals surface area contributed by atoms with Gasteiger partial charge in [-0.3, -0.25) is 4.79 Å². The number of amides is 1. The largest absolute Gasteiger partial charge is 0.355 e. The molecule has 0 atom stereocenters. The van der Waals surface area contributed by atoms with E-state index in [1.165, 1.54) is 16.0 Å². The zero-order valence-corrected chi connectivity index (χ0v) is 13.4. The quantitative estimate of drug-likeness (QED) is 0.822. The second-order valence-electron chi connectivity index (χ2n) is 4.71. The SMILES string of the molecule is Cc1ccc(SCC(=O)NCCc2cccs2)cc1C. The summed E-state index contributed by atoms with van der Waals surface area (Å²) in [5.41, 5.74) is 2.56. The van der Waals surface area contributed by atoms with Gasteiger partial charge in [0.15, 0.2) is 0 Å². The summed E-state index contributed by atoms with van der Waals surface area (Å²) in [6, 6.07) is 10.5. The number of benzene rings is 1. The smallest absolute Gasteiger partial charge is 0.230 e. The Labute approximate surface area is 128 Å². The molecule has 1 heterocycles. The summed E-state index contributed by atoms with van der Waals surface area (Å²) < 4.78 is 0. The highest BCUT2D eigenvalue weighted by Gasteiger charge is 2.04. The van der Waals surface area contributed by atoms with E-state index in [1.54, 1.807) is 23.1 Å². The van der Waals surface area contributed by atoms with Crippen LogP contribution in [-0.2, 0) is 11.2 Å². The van der Waals surface area contributed by atoms with Gasteiger partial charge >= 0.3 is 0 Å². The lowest BCUT2D eigenvalue weighted by Crippen LogP contribution is -2.27. The summed E-state index contributed by atoms with van der Waals surface area (Å²) in [5, 5.41) is 5.03. The van der Waals surface area contributed by atoms with E-state index in [0.29, 0.717) is 12.3 Å². The standard InChI is InChI=1S/C16H19NOS2/c1-12-5-6-15(10-13(12)2)20-11-16(18)17-8-7-14-4-3-9-19-14/h3-6,9-10H,7-8,11H2,1-2H3,(H,17,18). The molecule has 1 aromatic heterocycles. The zero-order chi connectivity index (χ0) is 14.4. The number of aryl methyl sites for hydroxylation is 2. The Kier molecular flexibility index (Phi) is 5.68. The van der Waals surface area contributed by atoms with Gasteiger partial charge < -0.3 is 5.32 Å². The number of thiophene rings is 1. The van der Waals surface area contributed by atoms with E-state index < -0.39 is 0 Å². The van der Waals surface area contributed by atoms with E-state index in [0.717, 1.165) is 11.3 Å². The molecule has 0 bridgehead atoms. The Bertz CT molecular complexity index is 564. The lowest BCUT2D eigenvalue weighted by Gasteiger charge is -2.06. The molecule has 1 N–H and O–H groups in total. The van der Waals surface area contributed by atoms with Crippen molar-refractivity contribution in [3.63, 3.8) is 0 Å². The van der Waals surface area contributed by atoms with Crippen LogP contribution in [0.1, 0.15) is 16.0 Å². The molecule has 20 heavy (non-hydrogen) atoms. The third-order valence-corrected chi connectivity index (χ3v) is 5.05. The molecular weight excluding hydrogens is 286 g/mol. The van der Waals surface area contributed by atoms with Crippen molar-refractivity contribution in [2.24, 2.45) is 0 Å². The van der Waals surface area contributed by atoms with Crippen molar-refractivity contribution < 1.29 is 4.79 Å². The van der Waals surface area contributed by atoms with Gasteiger partial charge in [-0.25, -0.2) is 0 Å². The molecule has 0 radical (unpaired) electrons. The summed E-state index contributed by atoms with van der Waals surface area (Å²) in [6.07, 6.45) is 0.914. The predicted molar refractivity (Wildman–Crippen MR) is 87.7 cm³/mol. The Morgan fingerprint density at radius 3 is 2.80 bits per heavy atom. The van der Waals surface area contributed by atoms with Gasteiger partial charge in [-0.1, -0.05) is 12.1 Å². The molecule has 0 aliphatic rings. The lowest BCUT2D eigenvalue weighted by atomic mass is 10.1. The van der Waals surface area contributed by atoms with Crippen LogP contribution in [-0.4, -0.2) is 18.2 Å². The maximum atomic E-state index is 11.8. The summed E-state index contributed by atoms with van der Waals surface area (Å²) in [5.74, 6) is 0.581. The fraction of sp³-hybridized carbons (Fsp3) is 0.312. The third kappa shape index (κ3) is 4.69. The van der Waals surface area contributed by atoms with Crippen molar-refractivity contribution in [1.29, 1.82) is 0 Å². The second kappa shape index (κ2) is 7.50. The molecule has 2 nitrogen and oxygen atoms in total. The average Bonchev–Trinajstić information content (AvgIpc) is 2.93. The Hall–Kier alpha value is -1.26. The van der Waals surface area contributed by atoms with Crippen LogP contribution in [0.3, 0.4) is 0 Å². The first kappa shape index (κ1) is 15.1. The van der Waals surface area contributed by atoms with Gasteiger partial charge in [-0.15, -0.1) is 23.1 Å². The highest BCUT2D eigenvalue weighted by molar-refractivity contribution is 8.00. The van der Waals surface area contributed by atoms with Crippen LogP contribution in [0.4, 0.5) is 0 Å². The van der Waals surface area contributed by atoms with Gasteiger partial charge in [0.2, 0.25) is 5.91 Å². The molecule has 106 valence electrons. The summed E-state index contributed by atoms with van der Waals surface area (Å²) in [6.45, 7) is 4.91. The van der Waals surface area contributed by atoms with Crippen LogP contribution in [0.15, 0.2) is 40.6 Å². The molecule has 1 aromatic carbocycles. The molecule has 0 fully saturated rings. The predicted octanol–water partition coefficient (Wildman–Crippen LogP) is 3.82. The fourth-order valence-corrected chi connectivity index (χ4v) is 3.32. The van der Waals surface area contributed by atoms with E-state index in [4.69, 9.17) is 0 Å². The topological polar surface area (TPSA) is 29.1 Å². The number of rotatable bonds is 6. The first-order chi connectivity index (χ1) is 9.65. The average molecular weight is 305 g/mol. The molecule has 0 saturated carbocycles. The van der Waals surface area contributed by atoms with E-state index >= 15 is 0 Å². The Balaban J connectivity index is 1.70. The maximum Gasteiger partial charge on any atom is 0.230 e. The van der Waals surface area contributed by atoms with Gasteiger partial charge in [-0.2, -0.15) is 0 Å². The monoisotopic (exact) mass is 305 g/mol. The molecule has 4 heteroatoms. The minimum atomic E-state index is 0.102. The molecule has 0 spiro atoms. The summed E-state index contributed by atoms with van der Waals surface area (Å²) >= 11 is 3.32. The maximum absolute atomic E-state index is 11.8. The number of carbonyl (C=O) groups is 1. The van der Waals surface area contributed by atoms with Crippen molar-refractivity contribution in [1.82, 2.24) is 5.32 Å². The second-order valence-corrected chi connectivity index (χ2v) is 6.80. The Morgan fingerprint density at radius 2 is 2.10 bits per heavy atom. The third-order valence-electron chi connectivity index (χ3n) is 3.12. The zero-order valence-electron chi connectivity index (χ0n) is 11.8. The van der Waals surface area contributed by atoms with Crippen LogP contribution in [0.25, 0.3) is 0 Å². The van der Waals surface area contributed by atoms with Crippen molar-refractivity contribution in [2.45, 2.75) is 25.2 Å². The summed E-state index contributed by atoms with van der Waals surface area (Å²) in [7, 11) is 0. The van der Waals surface area contributed by atoms with Crippen LogP contribution in [0.2, 0.25) is 0 Å². The van der Waals surface area contributed by atoms with E-state index in [-0.39, 0.29) is 5.91 Å². The molecule has 1 amide bonds. The molecule has 0 aliphatic heterocycles. The van der Waals surface area contributed by atoms with Gasteiger partial charge in [-0.05, 0) is 55.0 Å². The van der Waals surface area contributed by atoms with E-state index in [2.05, 4.69) is 48.8 Å². The number of hydrogen-bond donors (Lipinski definition) is 1. The van der Waals surface area contributed by atoms with Crippen molar-refractivity contribution >= 4 is 29.0 Å². The lowest BCUT2D eigenvalue weighted by molar-refractivity contribution is -0.118. The highest BCUT2D eigenvalue weighted by Crippen LogP contribution is 2.20. The first-order valence-electron chi connectivity index (χ1n) is 6.64. The number of nitrogens with one attached hydrogen (secondary N) is 1. The normalized spacial score (nSPS) is 10.5. The summed E-state index contributed by atoms with van der Waals surface area (Å²) in [4.78, 5) is 14.2. The molecule has 0 aliphatic carbocycles. The number of thioether (sulfide) groups is 1. The first-order valence-corrected chi connectivity index (χ1v) is 8.51. The van der Waals surface area contributed by atoms with Crippen LogP contribution in [0, 0.1) is 13.8 Å². The molecule has 2 aromatic rings. The van der Waals surface area contributed by atoms with Crippen molar-refractivity contribution in [2.75, 3.05) is 12.3 Å². The van der Waals surface area contributed by atoms with Crippen molar-refractivity contribution in [3.8, 4) is 0 Å². The van der Waals surface area contributed by atoms with E-state index in [9.17, 15) is 4.79 Å². The Morgan fingerprint density at radius 1 is 1.25 bits per heavy atom. The van der Waals surface area contributed by atoms with Crippen LogP contribution < -0.4 is 5.32 Å². The minimum absolute atomic E-state index is 0.102. The van der Waals surface area contributed by atoms with Crippen LogP contribution in [0.5, 0.6) is 0 Å². The number of carbonyl (C=O) groups excluding carboxylic acids is 1.